The Labute approximate surface area is 180 Å². The minimum absolute atomic E-state index is 0.214. The van der Waals surface area contributed by atoms with Crippen molar-refractivity contribution in [3.63, 3.8) is 0 Å². The van der Waals surface area contributed by atoms with E-state index in [-0.39, 0.29) is 30.2 Å². The van der Waals surface area contributed by atoms with E-state index in [4.69, 9.17) is 10.5 Å². The average molecular weight is 426 g/mol. The minimum atomic E-state index is -0.664. The topological polar surface area (TPSA) is 106 Å². The second kappa shape index (κ2) is 8.82. The van der Waals surface area contributed by atoms with Gasteiger partial charge in [0.05, 0.1) is 30.5 Å². The van der Waals surface area contributed by atoms with Gasteiger partial charge in [-0.05, 0) is 42.0 Å². The van der Waals surface area contributed by atoms with E-state index < -0.39 is 11.9 Å². The van der Waals surface area contributed by atoms with Crippen LogP contribution in [0.5, 0.6) is 0 Å². The molecule has 0 aliphatic carbocycles. The van der Waals surface area contributed by atoms with Gasteiger partial charge in [-0.2, -0.15) is 0 Å². The lowest BCUT2D eigenvalue weighted by atomic mass is 9.89. The molecule has 1 fully saturated rings. The van der Waals surface area contributed by atoms with Crippen molar-refractivity contribution in [3.8, 4) is 11.3 Å². The molecule has 1 aliphatic rings. The number of aliphatic hydroxyl groups excluding tert-OH is 1. The zero-order chi connectivity index (χ0) is 22.1. The highest BCUT2D eigenvalue weighted by molar-refractivity contribution is 5.92. The zero-order valence-electron chi connectivity index (χ0n) is 18.0. The molecule has 164 valence electrons. The van der Waals surface area contributed by atoms with Crippen LogP contribution in [-0.4, -0.2) is 45.4 Å². The van der Waals surface area contributed by atoms with Crippen molar-refractivity contribution in [1.29, 1.82) is 0 Å². The molecule has 0 saturated carbocycles. The first-order valence-electron chi connectivity index (χ1n) is 10.6. The van der Waals surface area contributed by atoms with Crippen LogP contribution >= 0.6 is 0 Å². The fraction of sp³-hybridized carbons (Fsp3) is 0.435. The third-order valence-electron chi connectivity index (χ3n) is 5.86. The lowest BCUT2D eigenvalue weighted by Gasteiger charge is -2.28. The monoisotopic (exact) mass is 425 g/mol. The van der Waals surface area contributed by atoms with Crippen LogP contribution in [0.3, 0.4) is 0 Å². The van der Waals surface area contributed by atoms with E-state index in [0.29, 0.717) is 25.1 Å². The summed E-state index contributed by atoms with van der Waals surface area (Å²) in [4.78, 5) is 13.1. The largest absolute Gasteiger partial charge is 0.389 e. The highest BCUT2D eigenvalue weighted by Crippen LogP contribution is 2.35. The Kier molecular flexibility index (Phi) is 6.13. The summed E-state index contributed by atoms with van der Waals surface area (Å²) in [5.41, 5.74) is 10.7. The van der Waals surface area contributed by atoms with Gasteiger partial charge in [0.25, 0.3) is 0 Å². The number of nitrogens with two attached hydrogens (primary N) is 1. The molecule has 0 bridgehead atoms. The molecule has 0 unspecified atom stereocenters. The van der Waals surface area contributed by atoms with Gasteiger partial charge in [0.15, 0.2) is 5.82 Å². The molecule has 0 spiro atoms. The molecule has 1 aromatic carbocycles. The molecule has 1 aliphatic heterocycles. The van der Waals surface area contributed by atoms with Gasteiger partial charge in [0.2, 0.25) is 5.95 Å². The third kappa shape index (κ3) is 4.11. The summed E-state index contributed by atoms with van der Waals surface area (Å²) in [6.45, 7) is 7.38. The van der Waals surface area contributed by atoms with Crippen LogP contribution in [0.1, 0.15) is 42.9 Å². The van der Waals surface area contributed by atoms with Crippen LogP contribution in [0.4, 0.5) is 10.3 Å². The van der Waals surface area contributed by atoms with E-state index in [0.717, 1.165) is 33.8 Å². The minimum Gasteiger partial charge on any atom is -0.389 e. The summed E-state index contributed by atoms with van der Waals surface area (Å²) in [5.74, 6) is 0.00908. The number of pyridine rings is 1. The van der Waals surface area contributed by atoms with Crippen molar-refractivity contribution in [2.75, 3.05) is 18.5 Å². The first-order chi connectivity index (χ1) is 14.9. The van der Waals surface area contributed by atoms with Gasteiger partial charge in [0, 0.05) is 30.3 Å². The molecule has 7 nitrogen and oxygen atoms in total. The number of hydrogen-bond acceptors (Lipinski definition) is 7. The third-order valence-corrected chi connectivity index (χ3v) is 5.86. The van der Waals surface area contributed by atoms with Gasteiger partial charge in [-0.25, -0.2) is 14.4 Å². The molecule has 4 N–H and O–H groups in total. The molecule has 1 saturated heterocycles. The lowest BCUT2D eigenvalue weighted by molar-refractivity contribution is -0.0136. The Morgan fingerprint density at radius 2 is 2.10 bits per heavy atom. The number of aliphatic hydroxyl groups is 1. The Balaban J connectivity index is 1.81. The van der Waals surface area contributed by atoms with Crippen LogP contribution in [0, 0.1) is 12.7 Å². The summed E-state index contributed by atoms with van der Waals surface area (Å²) < 4.78 is 20.1. The molecule has 31 heavy (non-hydrogen) atoms. The van der Waals surface area contributed by atoms with Gasteiger partial charge < -0.3 is 20.9 Å². The Morgan fingerprint density at radius 3 is 2.81 bits per heavy atom. The molecular weight excluding hydrogens is 397 g/mol. The molecule has 0 radical (unpaired) electrons. The summed E-state index contributed by atoms with van der Waals surface area (Å²) in [6.07, 6.45) is 2.95. The summed E-state index contributed by atoms with van der Waals surface area (Å²) in [5, 5.41) is 14.2. The number of ether oxygens (including phenoxy) is 1. The molecule has 2 atom stereocenters. The molecular formula is C23H28FN5O2. The van der Waals surface area contributed by atoms with Crippen molar-refractivity contribution in [2.24, 2.45) is 5.73 Å². The number of aryl methyl sites for hydroxylation is 1. The van der Waals surface area contributed by atoms with E-state index in [2.05, 4.69) is 34.1 Å². The van der Waals surface area contributed by atoms with Crippen molar-refractivity contribution in [1.82, 2.24) is 15.0 Å². The summed E-state index contributed by atoms with van der Waals surface area (Å²) in [6, 6.07) is 3.49. The Hall–Kier alpha value is -2.68. The molecule has 2 aromatic heterocycles. The van der Waals surface area contributed by atoms with Crippen molar-refractivity contribution >= 4 is 16.9 Å². The number of nitrogens with zero attached hydrogens (tertiary/aromatic N) is 3. The maximum absolute atomic E-state index is 14.8. The van der Waals surface area contributed by atoms with Gasteiger partial charge in [-0.3, -0.25) is 4.98 Å². The standard InChI is InChI=1S/C23H28FN5O2/c1-12(2)20-14(8-25)9-26-18-5-4-15(13(3)21(18)20)22-16(24)10-27-23(29-22)28-17-6-7-31-11-19(17)30/h4-5,9-10,12,17,19,30H,6-8,11,25H2,1-3H3,(H,27,28,29)/t17-,19-/m1/s1. The number of halogens is 1. The van der Waals surface area contributed by atoms with Crippen molar-refractivity contribution in [3.05, 3.63) is 47.0 Å². The van der Waals surface area contributed by atoms with E-state index in [1.807, 2.05) is 25.3 Å². The van der Waals surface area contributed by atoms with Crippen LogP contribution in [-0.2, 0) is 11.3 Å². The first kappa shape index (κ1) is 21.5. The van der Waals surface area contributed by atoms with E-state index in [1.54, 1.807) is 0 Å². The number of hydrogen-bond donors (Lipinski definition) is 3. The lowest BCUT2D eigenvalue weighted by Crippen LogP contribution is -2.42. The van der Waals surface area contributed by atoms with Crippen LogP contribution < -0.4 is 11.1 Å². The number of rotatable bonds is 5. The number of fused-ring (bicyclic) bond motifs is 1. The van der Waals surface area contributed by atoms with Gasteiger partial charge in [0.1, 0.15) is 5.69 Å². The quantitative estimate of drug-likeness (QED) is 0.576. The molecule has 3 heterocycles. The van der Waals surface area contributed by atoms with Crippen LogP contribution in [0.2, 0.25) is 0 Å². The maximum Gasteiger partial charge on any atom is 0.223 e. The Bertz CT molecular complexity index is 1110. The fourth-order valence-corrected chi connectivity index (χ4v) is 4.28. The van der Waals surface area contributed by atoms with Gasteiger partial charge >= 0.3 is 0 Å². The number of anilines is 1. The molecule has 4 rings (SSSR count). The van der Waals surface area contributed by atoms with Crippen molar-refractivity contribution in [2.45, 2.75) is 51.8 Å². The van der Waals surface area contributed by atoms with Crippen LogP contribution in [0.15, 0.2) is 24.5 Å². The number of benzene rings is 1. The summed E-state index contributed by atoms with van der Waals surface area (Å²) >= 11 is 0. The fourth-order valence-electron chi connectivity index (χ4n) is 4.28. The molecule has 8 heteroatoms. The van der Waals surface area contributed by atoms with E-state index >= 15 is 0 Å². The van der Waals surface area contributed by atoms with E-state index in [9.17, 15) is 9.50 Å². The average Bonchev–Trinajstić information content (AvgIpc) is 2.76. The maximum atomic E-state index is 14.8. The second-order valence-corrected chi connectivity index (χ2v) is 8.26. The van der Waals surface area contributed by atoms with Gasteiger partial charge in [-0.1, -0.05) is 19.9 Å². The zero-order valence-corrected chi connectivity index (χ0v) is 18.0. The first-order valence-corrected chi connectivity index (χ1v) is 10.6. The smallest absolute Gasteiger partial charge is 0.223 e. The Morgan fingerprint density at radius 1 is 1.29 bits per heavy atom. The van der Waals surface area contributed by atoms with Gasteiger partial charge in [-0.15, -0.1) is 0 Å². The SMILES string of the molecule is Cc1c(-c2nc(N[C@@H]3CCOC[C@H]3O)ncc2F)ccc2ncc(CN)c(C(C)C)c12. The summed E-state index contributed by atoms with van der Waals surface area (Å²) in [7, 11) is 0. The predicted molar refractivity (Wildman–Crippen MR) is 118 cm³/mol. The molecule has 3 aromatic rings. The van der Waals surface area contributed by atoms with E-state index in [1.165, 1.54) is 0 Å². The molecule has 0 amide bonds. The van der Waals surface area contributed by atoms with Crippen LogP contribution in [0.25, 0.3) is 22.2 Å². The number of aromatic nitrogens is 3. The number of nitrogens with one attached hydrogen (secondary N) is 1. The normalized spacial score (nSPS) is 19.2. The predicted octanol–water partition coefficient (Wildman–Crippen LogP) is 3.28. The second-order valence-electron chi connectivity index (χ2n) is 8.26. The highest BCUT2D eigenvalue weighted by atomic mass is 19.1. The highest BCUT2D eigenvalue weighted by Gasteiger charge is 2.25. The van der Waals surface area contributed by atoms with Crippen molar-refractivity contribution < 1.29 is 14.2 Å².